The predicted molar refractivity (Wildman–Crippen MR) is 82.9 cm³/mol. The van der Waals surface area contributed by atoms with E-state index in [1.807, 2.05) is 6.92 Å². The average molecular weight is 277 g/mol. The molecule has 0 aliphatic rings. The third kappa shape index (κ3) is 4.97. The molecular formula is C17H27NO2. The van der Waals surface area contributed by atoms with E-state index in [9.17, 15) is 4.79 Å². The summed E-state index contributed by atoms with van der Waals surface area (Å²) in [6, 6.07) is 8.70. The Labute approximate surface area is 122 Å². The van der Waals surface area contributed by atoms with Crippen molar-refractivity contribution in [2.75, 3.05) is 6.54 Å². The summed E-state index contributed by atoms with van der Waals surface area (Å²) in [4.78, 5) is 13.0. The molecule has 0 spiro atoms. The first-order chi connectivity index (χ1) is 9.24. The minimum Gasteiger partial charge on any atom is -0.481 e. The maximum atomic E-state index is 10.8. The van der Waals surface area contributed by atoms with Crippen LogP contribution in [0.15, 0.2) is 24.3 Å². The zero-order valence-corrected chi connectivity index (χ0v) is 13.3. The normalized spacial score (nSPS) is 13.5. The molecule has 3 heteroatoms. The summed E-state index contributed by atoms with van der Waals surface area (Å²) >= 11 is 0. The van der Waals surface area contributed by atoms with E-state index in [0.29, 0.717) is 0 Å². The Morgan fingerprint density at radius 2 is 1.80 bits per heavy atom. The van der Waals surface area contributed by atoms with Crippen molar-refractivity contribution in [3.8, 4) is 0 Å². The highest BCUT2D eigenvalue weighted by Gasteiger charge is 2.17. The summed E-state index contributed by atoms with van der Waals surface area (Å²) in [5.41, 5.74) is 2.72. The van der Waals surface area contributed by atoms with Gasteiger partial charge in [-0.1, -0.05) is 52.0 Å². The zero-order chi connectivity index (χ0) is 15.3. The lowest BCUT2D eigenvalue weighted by Gasteiger charge is -2.27. The highest BCUT2D eigenvalue weighted by Crippen LogP contribution is 2.22. The smallest absolute Gasteiger partial charge is 0.304 e. The van der Waals surface area contributed by atoms with Gasteiger partial charge in [0, 0.05) is 12.6 Å². The quantitative estimate of drug-likeness (QED) is 0.862. The van der Waals surface area contributed by atoms with E-state index in [4.69, 9.17) is 5.11 Å². The first-order valence-electron chi connectivity index (χ1n) is 7.29. The summed E-state index contributed by atoms with van der Waals surface area (Å²) < 4.78 is 0. The van der Waals surface area contributed by atoms with Crippen LogP contribution >= 0.6 is 0 Å². The number of carboxylic acid groups (broad SMARTS) is 1. The van der Waals surface area contributed by atoms with Crippen LogP contribution in [0.25, 0.3) is 0 Å². The maximum Gasteiger partial charge on any atom is 0.304 e. The van der Waals surface area contributed by atoms with Gasteiger partial charge in [0.1, 0.15) is 0 Å². The first kappa shape index (κ1) is 16.7. The second-order valence-electron chi connectivity index (χ2n) is 6.46. The summed E-state index contributed by atoms with van der Waals surface area (Å²) in [6.07, 6.45) is 0.188. The van der Waals surface area contributed by atoms with Crippen molar-refractivity contribution in [1.29, 1.82) is 0 Å². The van der Waals surface area contributed by atoms with Gasteiger partial charge in [0.25, 0.3) is 0 Å². The SMILES string of the molecule is CCN(Cc1ccc(C(C)(C)C)cc1)C(C)CC(=O)O. The van der Waals surface area contributed by atoms with Crippen LogP contribution in [0.1, 0.15) is 52.2 Å². The Morgan fingerprint density at radius 3 is 2.20 bits per heavy atom. The zero-order valence-electron chi connectivity index (χ0n) is 13.3. The van der Waals surface area contributed by atoms with Crippen molar-refractivity contribution in [3.63, 3.8) is 0 Å². The van der Waals surface area contributed by atoms with Gasteiger partial charge in [0.15, 0.2) is 0 Å². The van der Waals surface area contributed by atoms with Gasteiger partial charge in [-0.3, -0.25) is 9.69 Å². The van der Waals surface area contributed by atoms with Crippen molar-refractivity contribution >= 4 is 5.97 Å². The summed E-state index contributed by atoms with van der Waals surface area (Å²) in [7, 11) is 0. The van der Waals surface area contributed by atoms with E-state index in [1.54, 1.807) is 0 Å². The molecular weight excluding hydrogens is 250 g/mol. The highest BCUT2D eigenvalue weighted by molar-refractivity contribution is 5.67. The van der Waals surface area contributed by atoms with Crippen LogP contribution in [-0.2, 0) is 16.8 Å². The van der Waals surface area contributed by atoms with Gasteiger partial charge in [0.05, 0.1) is 6.42 Å². The molecule has 0 fully saturated rings. The second-order valence-corrected chi connectivity index (χ2v) is 6.46. The topological polar surface area (TPSA) is 40.5 Å². The molecule has 0 saturated carbocycles. The standard InChI is InChI=1S/C17H27NO2/c1-6-18(13(2)11-16(19)20)12-14-7-9-15(10-8-14)17(3,4)5/h7-10,13H,6,11-12H2,1-5H3,(H,19,20). The highest BCUT2D eigenvalue weighted by atomic mass is 16.4. The average Bonchev–Trinajstić information content (AvgIpc) is 2.34. The lowest BCUT2D eigenvalue weighted by Crippen LogP contribution is -2.34. The molecule has 0 aliphatic heterocycles. The van der Waals surface area contributed by atoms with Crippen LogP contribution < -0.4 is 0 Å². The van der Waals surface area contributed by atoms with Crippen molar-refractivity contribution in [2.24, 2.45) is 0 Å². The second kappa shape index (κ2) is 6.89. The summed E-state index contributed by atoms with van der Waals surface area (Å²) in [6.45, 7) is 12.3. The third-order valence-electron chi connectivity index (χ3n) is 3.71. The molecule has 0 radical (unpaired) electrons. The van der Waals surface area contributed by atoms with Crippen molar-refractivity contribution in [3.05, 3.63) is 35.4 Å². The molecule has 0 amide bonds. The van der Waals surface area contributed by atoms with Crippen molar-refractivity contribution < 1.29 is 9.90 Å². The molecule has 0 aliphatic carbocycles. The lowest BCUT2D eigenvalue weighted by molar-refractivity contribution is -0.138. The van der Waals surface area contributed by atoms with Crippen molar-refractivity contribution in [1.82, 2.24) is 4.90 Å². The molecule has 1 N–H and O–H groups in total. The van der Waals surface area contributed by atoms with E-state index in [-0.39, 0.29) is 17.9 Å². The van der Waals surface area contributed by atoms with Crippen molar-refractivity contribution in [2.45, 2.75) is 59.0 Å². The Morgan fingerprint density at radius 1 is 1.25 bits per heavy atom. The number of hydrogen-bond acceptors (Lipinski definition) is 2. The van der Waals surface area contributed by atoms with Crippen LogP contribution in [0.5, 0.6) is 0 Å². The number of carbonyl (C=O) groups is 1. The molecule has 0 bridgehead atoms. The molecule has 1 rings (SSSR count). The molecule has 20 heavy (non-hydrogen) atoms. The Kier molecular flexibility index (Phi) is 5.75. The van der Waals surface area contributed by atoms with Crippen LogP contribution in [0.3, 0.4) is 0 Å². The van der Waals surface area contributed by atoms with Gasteiger partial charge >= 0.3 is 5.97 Å². The van der Waals surface area contributed by atoms with E-state index in [1.165, 1.54) is 11.1 Å². The maximum absolute atomic E-state index is 10.8. The Balaban J connectivity index is 2.73. The lowest BCUT2D eigenvalue weighted by atomic mass is 9.87. The van der Waals surface area contributed by atoms with Crippen LogP contribution in [0, 0.1) is 0 Å². The molecule has 0 saturated heterocycles. The number of carboxylic acids is 1. The number of nitrogens with zero attached hydrogens (tertiary/aromatic N) is 1. The number of hydrogen-bond donors (Lipinski definition) is 1. The van der Waals surface area contributed by atoms with Gasteiger partial charge in [-0.2, -0.15) is 0 Å². The van der Waals surface area contributed by atoms with Crippen LogP contribution in [0.2, 0.25) is 0 Å². The monoisotopic (exact) mass is 277 g/mol. The van der Waals surface area contributed by atoms with Gasteiger partial charge in [-0.15, -0.1) is 0 Å². The molecule has 0 aromatic heterocycles. The predicted octanol–water partition coefficient (Wildman–Crippen LogP) is 3.67. The fraction of sp³-hybridized carbons (Fsp3) is 0.588. The molecule has 1 atom stereocenters. The van der Waals surface area contributed by atoms with E-state index >= 15 is 0 Å². The van der Waals surface area contributed by atoms with Gasteiger partial charge in [0.2, 0.25) is 0 Å². The molecule has 3 nitrogen and oxygen atoms in total. The summed E-state index contributed by atoms with van der Waals surface area (Å²) in [5, 5.41) is 8.89. The minimum absolute atomic E-state index is 0.0554. The molecule has 112 valence electrons. The fourth-order valence-corrected chi connectivity index (χ4v) is 2.31. The molecule has 1 unspecified atom stereocenters. The van der Waals surface area contributed by atoms with Gasteiger partial charge in [-0.25, -0.2) is 0 Å². The number of aliphatic carboxylic acids is 1. The van der Waals surface area contributed by atoms with Crippen LogP contribution in [-0.4, -0.2) is 28.6 Å². The molecule has 0 heterocycles. The molecule has 1 aromatic carbocycles. The van der Waals surface area contributed by atoms with Gasteiger partial charge < -0.3 is 5.11 Å². The van der Waals surface area contributed by atoms with E-state index < -0.39 is 5.97 Å². The molecule has 1 aromatic rings. The van der Waals surface area contributed by atoms with Gasteiger partial charge in [-0.05, 0) is 30.0 Å². The Hall–Kier alpha value is -1.35. The Bertz CT molecular complexity index is 431. The first-order valence-corrected chi connectivity index (χ1v) is 7.29. The number of benzene rings is 1. The minimum atomic E-state index is -0.737. The van der Waals surface area contributed by atoms with E-state index in [0.717, 1.165) is 13.1 Å². The number of rotatable bonds is 6. The fourth-order valence-electron chi connectivity index (χ4n) is 2.31. The third-order valence-corrected chi connectivity index (χ3v) is 3.71. The van der Waals surface area contributed by atoms with Crippen LogP contribution in [0.4, 0.5) is 0 Å². The van der Waals surface area contributed by atoms with E-state index in [2.05, 4.69) is 56.9 Å². The largest absolute Gasteiger partial charge is 0.481 e. The summed E-state index contributed by atoms with van der Waals surface area (Å²) in [5.74, 6) is -0.737.